The molecular weight excluding hydrogens is 192 g/mol. The standard InChI is InChI=1S/C11H20N2O2/c1-4-6-10(15-3)11(14)9-7-12-13(5-2)8-9/h7-8,10-11,14H,4-6H2,1-3H3. The molecule has 0 bridgehead atoms. The van der Waals surface area contributed by atoms with Gasteiger partial charge in [0.25, 0.3) is 0 Å². The zero-order chi connectivity index (χ0) is 11.3. The molecule has 0 spiro atoms. The number of aliphatic hydroxyl groups is 1. The molecule has 4 nitrogen and oxygen atoms in total. The predicted octanol–water partition coefficient (Wildman–Crippen LogP) is 1.75. The van der Waals surface area contributed by atoms with Crippen molar-refractivity contribution in [2.24, 2.45) is 0 Å². The largest absolute Gasteiger partial charge is 0.386 e. The fourth-order valence-electron chi connectivity index (χ4n) is 1.61. The summed E-state index contributed by atoms with van der Waals surface area (Å²) in [5.74, 6) is 0. The van der Waals surface area contributed by atoms with Gasteiger partial charge >= 0.3 is 0 Å². The van der Waals surface area contributed by atoms with E-state index in [1.54, 1.807) is 18.0 Å². The molecule has 1 aromatic rings. The van der Waals surface area contributed by atoms with Crippen LogP contribution in [0, 0.1) is 0 Å². The maximum Gasteiger partial charge on any atom is 0.108 e. The van der Waals surface area contributed by atoms with Crippen molar-refractivity contribution in [2.75, 3.05) is 7.11 Å². The number of ether oxygens (including phenoxy) is 1. The molecule has 0 aliphatic carbocycles. The highest BCUT2D eigenvalue weighted by Gasteiger charge is 2.20. The van der Waals surface area contributed by atoms with Gasteiger partial charge in [0.1, 0.15) is 6.10 Å². The summed E-state index contributed by atoms with van der Waals surface area (Å²) >= 11 is 0. The fraction of sp³-hybridized carbons (Fsp3) is 0.727. The highest BCUT2D eigenvalue weighted by Crippen LogP contribution is 2.21. The third kappa shape index (κ3) is 3.04. The normalized spacial score (nSPS) is 15.2. The Labute approximate surface area is 90.9 Å². The average molecular weight is 212 g/mol. The van der Waals surface area contributed by atoms with Crippen molar-refractivity contribution < 1.29 is 9.84 Å². The molecule has 0 amide bonds. The Kier molecular flexibility index (Phi) is 4.78. The van der Waals surface area contributed by atoms with Crippen LogP contribution < -0.4 is 0 Å². The van der Waals surface area contributed by atoms with Gasteiger partial charge < -0.3 is 9.84 Å². The first kappa shape index (κ1) is 12.2. The van der Waals surface area contributed by atoms with Crippen LogP contribution in [0.1, 0.15) is 38.4 Å². The van der Waals surface area contributed by atoms with E-state index < -0.39 is 6.10 Å². The zero-order valence-corrected chi connectivity index (χ0v) is 9.68. The SMILES string of the molecule is CCCC(OC)C(O)c1cnn(CC)c1. The second-order valence-corrected chi connectivity index (χ2v) is 3.64. The molecule has 86 valence electrons. The van der Waals surface area contributed by atoms with Crippen LogP contribution in [0.15, 0.2) is 12.4 Å². The summed E-state index contributed by atoms with van der Waals surface area (Å²) < 4.78 is 7.07. The lowest BCUT2D eigenvalue weighted by Crippen LogP contribution is -2.20. The van der Waals surface area contributed by atoms with Gasteiger partial charge in [0.15, 0.2) is 0 Å². The topological polar surface area (TPSA) is 47.3 Å². The molecule has 2 atom stereocenters. The molecule has 1 heterocycles. The second kappa shape index (κ2) is 5.88. The fourth-order valence-corrected chi connectivity index (χ4v) is 1.61. The van der Waals surface area contributed by atoms with Crippen LogP contribution in [-0.2, 0) is 11.3 Å². The summed E-state index contributed by atoms with van der Waals surface area (Å²) in [6, 6.07) is 0. The lowest BCUT2D eigenvalue weighted by atomic mass is 10.0. The summed E-state index contributed by atoms with van der Waals surface area (Å²) in [4.78, 5) is 0. The van der Waals surface area contributed by atoms with E-state index in [9.17, 15) is 5.11 Å². The molecule has 2 unspecified atom stereocenters. The molecule has 0 radical (unpaired) electrons. The first-order valence-electron chi connectivity index (χ1n) is 5.46. The highest BCUT2D eigenvalue weighted by molar-refractivity contribution is 5.09. The van der Waals surface area contributed by atoms with Gasteiger partial charge in [-0.25, -0.2) is 0 Å². The Balaban J connectivity index is 2.68. The second-order valence-electron chi connectivity index (χ2n) is 3.64. The van der Waals surface area contributed by atoms with Crippen LogP contribution >= 0.6 is 0 Å². The van der Waals surface area contributed by atoms with Gasteiger partial charge in [-0.2, -0.15) is 5.10 Å². The van der Waals surface area contributed by atoms with Crippen molar-refractivity contribution in [1.29, 1.82) is 0 Å². The van der Waals surface area contributed by atoms with E-state index in [4.69, 9.17) is 4.74 Å². The van der Waals surface area contributed by atoms with Gasteiger partial charge in [-0.1, -0.05) is 13.3 Å². The van der Waals surface area contributed by atoms with Crippen LogP contribution in [0.3, 0.4) is 0 Å². The van der Waals surface area contributed by atoms with Gasteiger partial charge in [0.2, 0.25) is 0 Å². The average Bonchev–Trinajstić information content (AvgIpc) is 2.73. The number of aryl methyl sites for hydroxylation is 1. The molecule has 0 aromatic carbocycles. The maximum atomic E-state index is 10.0. The van der Waals surface area contributed by atoms with E-state index >= 15 is 0 Å². The summed E-state index contributed by atoms with van der Waals surface area (Å²) in [5.41, 5.74) is 0.831. The molecular formula is C11H20N2O2. The third-order valence-electron chi connectivity index (χ3n) is 2.55. The molecule has 0 saturated carbocycles. The number of hydrogen-bond donors (Lipinski definition) is 1. The Hall–Kier alpha value is -0.870. The van der Waals surface area contributed by atoms with Crippen LogP contribution in [-0.4, -0.2) is 28.1 Å². The van der Waals surface area contributed by atoms with E-state index in [0.717, 1.165) is 24.9 Å². The molecule has 1 aromatic heterocycles. The van der Waals surface area contributed by atoms with E-state index in [1.165, 1.54) is 0 Å². The number of aromatic nitrogens is 2. The molecule has 1 rings (SSSR count). The number of aliphatic hydroxyl groups excluding tert-OH is 1. The van der Waals surface area contributed by atoms with E-state index in [0.29, 0.717) is 0 Å². The summed E-state index contributed by atoms with van der Waals surface area (Å²) in [5, 5.41) is 14.2. The minimum absolute atomic E-state index is 0.135. The van der Waals surface area contributed by atoms with Crippen molar-refractivity contribution in [1.82, 2.24) is 9.78 Å². The Morgan fingerprint density at radius 1 is 1.53 bits per heavy atom. The number of hydrogen-bond acceptors (Lipinski definition) is 3. The molecule has 0 saturated heterocycles. The molecule has 0 aliphatic heterocycles. The first-order chi connectivity index (χ1) is 7.22. The van der Waals surface area contributed by atoms with Crippen molar-refractivity contribution in [3.63, 3.8) is 0 Å². The Morgan fingerprint density at radius 2 is 2.27 bits per heavy atom. The monoisotopic (exact) mass is 212 g/mol. The van der Waals surface area contributed by atoms with Gasteiger partial charge in [0, 0.05) is 25.4 Å². The number of methoxy groups -OCH3 is 1. The van der Waals surface area contributed by atoms with Crippen LogP contribution in [0.5, 0.6) is 0 Å². The van der Waals surface area contributed by atoms with Crippen molar-refractivity contribution >= 4 is 0 Å². The van der Waals surface area contributed by atoms with Gasteiger partial charge in [-0.3, -0.25) is 4.68 Å². The van der Waals surface area contributed by atoms with Crippen LogP contribution in [0.2, 0.25) is 0 Å². The minimum atomic E-state index is -0.574. The van der Waals surface area contributed by atoms with Gasteiger partial charge in [0.05, 0.1) is 12.3 Å². The highest BCUT2D eigenvalue weighted by atomic mass is 16.5. The van der Waals surface area contributed by atoms with E-state index in [-0.39, 0.29) is 6.10 Å². The Bertz CT molecular complexity index is 286. The predicted molar refractivity (Wildman–Crippen MR) is 58.6 cm³/mol. The van der Waals surface area contributed by atoms with E-state index in [2.05, 4.69) is 12.0 Å². The first-order valence-corrected chi connectivity index (χ1v) is 5.46. The van der Waals surface area contributed by atoms with Gasteiger partial charge in [-0.05, 0) is 13.3 Å². The number of rotatable bonds is 6. The third-order valence-corrected chi connectivity index (χ3v) is 2.55. The van der Waals surface area contributed by atoms with Gasteiger partial charge in [-0.15, -0.1) is 0 Å². The van der Waals surface area contributed by atoms with Crippen LogP contribution in [0.25, 0.3) is 0 Å². The minimum Gasteiger partial charge on any atom is -0.386 e. The molecule has 15 heavy (non-hydrogen) atoms. The van der Waals surface area contributed by atoms with Crippen molar-refractivity contribution in [3.05, 3.63) is 18.0 Å². The summed E-state index contributed by atoms with van der Waals surface area (Å²) in [7, 11) is 1.63. The van der Waals surface area contributed by atoms with Crippen LogP contribution in [0.4, 0.5) is 0 Å². The van der Waals surface area contributed by atoms with E-state index in [1.807, 2.05) is 13.1 Å². The Morgan fingerprint density at radius 3 is 2.73 bits per heavy atom. The molecule has 1 N–H and O–H groups in total. The lowest BCUT2D eigenvalue weighted by molar-refractivity contribution is -0.0180. The number of nitrogens with zero attached hydrogens (tertiary/aromatic N) is 2. The lowest BCUT2D eigenvalue weighted by Gasteiger charge is -2.19. The quantitative estimate of drug-likeness (QED) is 0.781. The smallest absolute Gasteiger partial charge is 0.108 e. The maximum absolute atomic E-state index is 10.0. The molecule has 0 fully saturated rings. The summed E-state index contributed by atoms with van der Waals surface area (Å²) in [6.07, 6.45) is 4.72. The zero-order valence-electron chi connectivity index (χ0n) is 9.68. The molecule has 4 heteroatoms. The molecule has 0 aliphatic rings. The summed E-state index contributed by atoms with van der Waals surface area (Å²) in [6.45, 7) is 4.91. The van der Waals surface area contributed by atoms with Crippen molar-refractivity contribution in [3.8, 4) is 0 Å². The van der Waals surface area contributed by atoms with Crippen molar-refractivity contribution in [2.45, 2.75) is 45.4 Å².